The summed E-state index contributed by atoms with van der Waals surface area (Å²) in [5.74, 6) is 0. The van der Waals surface area contributed by atoms with Crippen LogP contribution in [0.5, 0.6) is 0 Å². The van der Waals surface area contributed by atoms with Crippen LogP contribution in [0.15, 0.2) is 48.5 Å². The Hall–Kier alpha value is -1.06. The van der Waals surface area contributed by atoms with Gasteiger partial charge in [0.05, 0.1) is 12.6 Å². The molecule has 2 aromatic carbocycles. The molecule has 2 aromatic rings. The van der Waals surface area contributed by atoms with Gasteiger partial charge >= 0.3 is 0 Å². The molecular weight excluding hydrogens is 281 g/mol. The van der Waals surface area contributed by atoms with E-state index >= 15 is 0 Å². The van der Waals surface area contributed by atoms with Crippen molar-refractivity contribution < 1.29 is 5.11 Å². The molecule has 2 rings (SSSR count). The fraction of sp³-hybridized carbons (Fsp3) is 0.200. The van der Waals surface area contributed by atoms with E-state index in [-0.39, 0.29) is 12.6 Å². The van der Waals surface area contributed by atoms with Crippen molar-refractivity contribution in [2.24, 2.45) is 0 Å². The van der Waals surface area contributed by atoms with Crippen molar-refractivity contribution in [3.05, 3.63) is 69.7 Å². The van der Waals surface area contributed by atoms with Crippen molar-refractivity contribution >= 4 is 23.2 Å². The number of halogens is 2. The molecule has 0 fully saturated rings. The number of hydrogen-bond acceptors (Lipinski definition) is 2. The normalized spacial score (nSPS) is 12.4. The fourth-order valence-corrected chi connectivity index (χ4v) is 2.43. The molecule has 0 aliphatic carbocycles. The third-order valence-electron chi connectivity index (χ3n) is 2.92. The summed E-state index contributed by atoms with van der Waals surface area (Å²) >= 11 is 12.0. The lowest BCUT2D eigenvalue weighted by atomic mass is 10.1. The van der Waals surface area contributed by atoms with E-state index in [1.807, 2.05) is 36.4 Å². The molecule has 0 aliphatic heterocycles. The van der Waals surface area contributed by atoms with E-state index in [4.69, 9.17) is 23.2 Å². The molecule has 1 atom stereocenters. The van der Waals surface area contributed by atoms with Crippen LogP contribution in [-0.2, 0) is 6.54 Å². The lowest BCUT2D eigenvalue weighted by Gasteiger charge is -2.18. The molecule has 0 spiro atoms. The van der Waals surface area contributed by atoms with Crippen molar-refractivity contribution in [2.75, 3.05) is 6.61 Å². The summed E-state index contributed by atoms with van der Waals surface area (Å²) in [6, 6.07) is 15.1. The van der Waals surface area contributed by atoms with Gasteiger partial charge in [0.1, 0.15) is 0 Å². The van der Waals surface area contributed by atoms with Gasteiger partial charge in [-0.25, -0.2) is 0 Å². The van der Waals surface area contributed by atoms with Crippen LogP contribution >= 0.6 is 23.2 Å². The molecule has 19 heavy (non-hydrogen) atoms. The predicted molar refractivity (Wildman–Crippen MR) is 79.6 cm³/mol. The zero-order chi connectivity index (χ0) is 13.7. The van der Waals surface area contributed by atoms with Gasteiger partial charge in [0.2, 0.25) is 0 Å². The van der Waals surface area contributed by atoms with E-state index in [1.54, 1.807) is 12.1 Å². The lowest BCUT2D eigenvalue weighted by Crippen LogP contribution is -2.24. The Morgan fingerprint density at radius 2 is 1.79 bits per heavy atom. The molecule has 100 valence electrons. The summed E-state index contributed by atoms with van der Waals surface area (Å²) in [5.41, 5.74) is 2.01. The van der Waals surface area contributed by atoms with Crippen molar-refractivity contribution in [3.8, 4) is 0 Å². The molecule has 0 aromatic heterocycles. The second-order valence-corrected chi connectivity index (χ2v) is 5.11. The molecule has 0 saturated carbocycles. The average molecular weight is 296 g/mol. The Labute approximate surface area is 123 Å². The van der Waals surface area contributed by atoms with Crippen molar-refractivity contribution in [1.82, 2.24) is 5.32 Å². The van der Waals surface area contributed by atoms with Gasteiger partial charge in [0, 0.05) is 16.6 Å². The van der Waals surface area contributed by atoms with E-state index in [0.717, 1.165) is 11.1 Å². The van der Waals surface area contributed by atoms with E-state index in [0.29, 0.717) is 16.6 Å². The fourth-order valence-electron chi connectivity index (χ4n) is 1.89. The zero-order valence-electron chi connectivity index (χ0n) is 10.3. The van der Waals surface area contributed by atoms with E-state index in [1.165, 1.54) is 0 Å². The maximum Gasteiger partial charge on any atom is 0.0627 e. The topological polar surface area (TPSA) is 32.3 Å². The first-order chi connectivity index (χ1) is 9.20. The first-order valence-corrected chi connectivity index (χ1v) is 6.79. The smallest absolute Gasteiger partial charge is 0.0627 e. The van der Waals surface area contributed by atoms with Crippen LogP contribution in [0.1, 0.15) is 17.2 Å². The van der Waals surface area contributed by atoms with Crippen LogP contribution in [0.4, 0.5) is 0 Å². The summed E-state index contributed by atoms with van der Waals surface area (Å²) in [4.78, 5) is 0. The van der Waals surface area contributed by atoms with E-state index in [2.05, 4.69) is 5.32 Å². The molecule has 0 radical (unpaired) electrons. The average Bonchev–Trinajstić information content (AvgIpc) is 2.42. The van der Waals surface area contributed by atoms with Crippen molar-refractivity contribution in [2.45, 2.75) is 12.6 Å². The summed E-state index contributed by atoms with van der Waals surface area (Å²) in [7, 11) is 0. The van der Waals surface area contributed by atoms with Crippen LogP contribution in [0.25, 0.3) is 0 Å². The Morgan fingerprint density at radius 3 is 2.42 bits per heavy atom. The van der Waals surface area contributed by atoms with Crippen LogP contribution in [-0.4, -0.2) is 11.7 Å². The van der Waals surface area contributed by atoms with Gasteiger partial charge < -0.3 is 10.4 Å². The molecule has 0 heterocycles. The number of benzene rings is 2. The van der Waals surface area contributed by atoms with Crippen LogP contribution in [0, 0.1) is 0 Å². The summed E-state index contributed by atoms with van der Waals surface area (Å²) in [5, 5.41) is 13.9. The molecule has 0 saturated heterocycles. The lowest BCUT2D eigenvalue weighted by molar-refractivity contribution is 0.243. The van der Waals surface area contributed by atoms with Crippen LogP contribution in [0.3, 0.4) is 0 Å². The Balaban J connectivity index is 2.08. The summed E-state index contributed by atoms with van der Waals surface area (Å²) < 4.78 is 0. The third kappa shape index (κ3) is 3.95. The molecule has 0 amide bonds. The standard InChI is InChI=1S/C15H15Cl2NO/c16-12-6-7-13(14(17)8-12)15(10-19)18-9-11-4-2-1-3-5-11/h1-8,15,18-19H,9-10H2. The SMILES string of the molecule is OCC(NCc1ccccc1)c1ccc(Cl)cc1Cl. The third-order valence-corrected chi connectivity index (χ3v) is 3.48. The minimum absolute atomic E-state index is 0.0197. The minimum atomic E-state index is -0.204. The predicted octanol–water partition coefficient (Wildman–Crippen LogP) is 3.82. The molecule has 1 unspecified atom stereocenters. The number of aliphatic hydroxyl groups is 1. The second-order valence-electron chi connectivity index (χ2n) is 4.27. The largest absolute Gasteiger partial charge is 0.394 e. The first-order valence-electron chi connectivity index (χ1n) is 6.04. The Morgan fingerprint density at radius 1 is 1.05 bits per heavy atom. The molecule has 2 nitrogen and oxygen atoms in total. The second kappa shape index (κ2) is 6.92. The van der Waals surface area contributed by atoms with E-state index < -0.39 is 0 Å². The minimum Gasteiger partial charge on any atom is -0.394 e. The Bertz CT molecular complexity index is 531. The Kier molecular flexibility index (Phi) is 5.23. The van der Waals surface area contributed by atoms with Gasteiger partial charge in [-0.2, -0.15) is 0 Å². The molecule has 4 heteroatoms. The summed E-state index contributed by atoms with van der Waals surface area (Å²) in [6.45, 7) is 0.652. The van der Waals surface area contributed by atoms with Gasteiger partial charge in [-0.15, -0.1) is 0 Å². The van der Waals surface area contributed by atoms with E-state index in [9.17, 15) is 5.11 Å². The highest BCUT2D eigenvalue weighted by Crippen LogP contribution is 2.26. The number of nitrogens with one attached hydrogen (secondary N) is 1. The first kappa shape index (κ1) is 14.4. The molecule has 0 aliphatic rings. The summed E-state index contributed by atoms with van der Waals surface area (Å²) in [6.07, 6.45) is 0. The van der Waals surface area contributed by atoms with Gasteiger partial charge in [-0.3, -0.25) is 0 Å². The highest BCUT2D eigenvalue weighted by molar-refractivity contribution is 6.35. The number of rotatable bonds is 5. The van der Waals surface area contributed by atoms with Crippen LogP contribution < -0.4 is 5.32 Å². The number of aliphatic hydroxyl groups excluding tert-OH is 1. The van der Waals surface area contributed by atoms with Gasteiger partial charge in [0.15, 0.2) is 0 Å². The molecule has 0 bridgehead atoms. The monoisotopic (exact) mass is 295 g/mol. The highest BCUT2D eigenvalue weighted by Gasteiger charge is 2.13. The number of hydrogen-bond donors (Lipinski definition) is 2. The maximum atomic E-state index is 9.50. The quantitative estimate of drug-likeness (QED) is 0.879. The van der Waals surface area contributed by atoms with Gasteiger partial charge in [0.25, 0.3) is 0 Å². The van der Waals surface area contributed by atoms with Gasteiger partial charge in [-0.1, -0.05) is 59.6 Å². The maximum absolute atomic E-state index is 9.50. The molecule has 2 N–H and O–H groups in total. The molecular formula is C15H15Cl2NO. The highest BCUT2D eigenvalue weighted by atomic mass is 35.5. The zero-order valence-corrected chi connectivity index (χ0v) is 11.8. The van der Waals surface area contributed by atoms with Crippen molar-refractivity contribution in [1.29, 1.82) is 0 Å². The van der Waals surface area contributed by atoms with Crippen molar-refractivity contribution in [3.63, 3.8) is 0 Å². The van der Waals surface area contributed by atoms with Gasteiger partial charge in [-0.05, 0) is 23.3 Å². The van der Waals surface area contributed by atoms with Crippen LogP contribution in [0.2, 0.25) is 10.0 Å².